The molecule has 0 radical (unpaired) electrons. The van der Waals surface area contributed by atoms with Gasteiger partial charge in [0.1, 0.15) is 0 Å². The number of benzene rings is 2. The van der Waals surface area contributed by atoms with Gasteiger partial charge in [0, 0.05) is 12.1 Å². The molecule has 2 aromatic rings. The minimum Gasteiger partial charge on any atom is -0.352 e. The zero-order valence-corrected chi connectivity index (χ0v) is 18.1. The molecule has 1 aliphatic heterocycles. The smallest absolute Gasteiger partial charge is 0.251 e. The molecule has 2 aromatic carbocycles. The van der Waals surface area contributed by atoms with Crippen LogP contribution in [-0.4, -0.2) is 37.0 Å². The van der Waals surface area contributed by atoms with Crippen LogP contribution in [0, 0.1) is 11.6 Å². The number of hydrogen-bond acceptors (Lipinski definition) is 2. The van der Waals surface area contributed by atoms with E-state index in [9.17, 15) is 13.6 Å². The Balaban J connectivity index is 1.09. The monoisotopic (exact) mass is 426 g/mol. The molecule has 166 valence electrons. The fourth-order valence-electron chi connectivity index (χ4n) is 5.24. The zero-order chi connectivity index (χ0) is 21.7. The van der Waals surface area contributed by atoms with Crippen LogP contribution in [0.4, 0.5) is 8.78 Å². The molecule has 3 nitrogen and oxygen atoms in total. The van der Waals surface area contributed by atoms with Gasteiger partial charge in [0.25, 0.3) is 5.91 Å². The van der Waals surface area contributed by atoms with E-state index < -0.39 is 11.6 Å². The van der Waals surface area contributed by atoms with Gasteiger partial charge in [-0.1, -0.05) is 37.1 Å². The molecule has 2 aliphatic rings. The summed E-state index contributed by atoms with van der Waals surface area (Å²) < 4.78 is 26.2. The van der Waals surface area contributed by atoms with E-state index in [4.69, 9.17) is 0 Å². The van der Waals surface area contributed by atoms with Gasteiger partial charge < -0.3 is 10.2 Å². The lowest BCUT2D eigenvalue weighted by Crippen LogP contribution is -2.41. The second-order valence-electron chi connectivity index (χ2n) is 9.08. The summed E-state index contributed by atoms with van der Waals surface area (Å²) in [7, 11) is 0. The number of unbranched alkanes of at least 4 members (excludes halogenated alkanes) is 3. The third-order valence-electron chi connectivity index (χ3n) is 7.14. The molecule has 1 spiro atoms. The van der Waals surface area contributed by atoms with Crippen molar-refractivity contribution in [2.24, 2.45) is 0 Å². The number of rotatable bonds is 8. The van der Waals surface area contributed by atoms with E-state index in [0.717, 1.165) is 37.9 Å². The van der Waals surface area contributed by atoms with Crippen LogP contribution >= 0.6 is 0 Å². The predicted octanol–water partition coefficient (Wildman–Crippen LogP) is 5.24. The summed E-state index contributed by atoms with van der Waals surface area (Å²) in [5.41, 5.74) is 3.76. The van der Waals surface area contributed by atoms with Crippen LogP contribution in [0.3, 0.4) is 0 Å². The van der Waals surface area contributed by atoms with Crippen LogP contribution in [0.2, 0.25) is 0 Å². The molecule has 1 saturated heterocycles. The largest absolute Gasteiger partial charge is 0.352 e. The van der Waals surface area contributed by atoms with Crippen molar-refractivity contribution in [3.05, 3.63) is 70.8 Å². The van der Waals surface area contributed by atoms with Gasteiger partial charge in [0.05, 0.1) is 0 Å². The fraction of sp³-hybridized carbons (Fsp3) is 0.500. The Kier molecular flexibility index (Phi) is 7.01. The van der Waals surface area contributed by atoms with Crippen molar-refractivity contribution in [1.82, 2.24) is 10.2 Å². The summed E-state index contributed by atoms with van der Waals surface area (Å²) in [6, 6.07) is 12.2. The molecule has 1 heterocycles. The first-order valence-corrected chi connectivity index (χ1v) is 11.6. The number of nitrogens with one attached hydrogen (secondary N) is 1. The standard InChI is InChI=1S/C26H32F2N2O/c27-23-10-9-21(19-24(23)28)25(31)29-15-5-1-2-6-16-30-17-13-26(14-18-30)12-11-20-7-3-4-8-22(20)26/h3-4,7-10,19H,1-2,5-6,11-18H2,(H,29,31). The molecular weight excluding hydrogens is 394 g/mol. The number of carbonyl (C=O) groups is 1. The van der Waals surface area contributed by atoms with Gasteiger partial charge in [-0.05, 0) is 92.9 Å². The lowest BCUT2D eigenvalue weighted by Gasteiger charge is -2.40. The molecule has 1 amide bonds. The van der Waals surface area contributed by atoms with Crippen molar-refractivity contribution >= 4 is 5.91 Å². The summed E-state index contributed by atoms with van der Waals surface area (Å²) in [5.74, 6) is -2.28. The number of fused-ring (bicyclic) bond motifs is 2. The van der Waals surface area contributed by atoms with Gasteiger partial charge >= 0.3 is 0 Å². The van der Waals surface area contributed by atoms with Crippen LogP contribution < -0.4 is 5.32 Å². The van der Waals surface area contributed by atoms with Crippen LogP contribution in [0.15, 0.2) is 42.5 Å². The summed E-state index contributed by atoms with van der Waals surface area (Å²) in [6.45, 7) is 4.10. The molecular formula is C26H32F2N2O. The van der Waals surface area contributed by atoms with Crippen molar-refractivity contribution in [3.8, 4) is 0 Å². The Hall–Kier alpha value is -2.27. The number of amides is 1. The molecule has 1 N–H and O–H groups in total. The normalized spacial score (nSPS) is 17.6. The Morgan fingerprint density at radius 2 is 1.71 bits per heavy atom. The molecule has 0 saturated carbocycles. The Bertz CT molecular complexity index is 906. The van der Waals surface area contributed by atoms with E-state index in [-0.39, 0.29) is 11.5 Å². The summed E-state index contributed by atoms with van der Waals surface area (Å²) >= 11 is 0. The van der Waals surface area contributed by atoms with Crippen molar-refractivity contribution in [1.29, 1.82) is 0 Å². The first kappa shape index (κ1) is 21.9. The minimum absolute atomic E-state index is 0.159. The number of likely N-dealkylation sites (tertiary alicyclic amines) is 1. The maximum atomic E-state index is 13.2. The van der Waals surface area contributed by atoms with Gasteiger partial charge in [-0.2, -0.15) is 0 Å². The van der Waals surface area contributed by atoms with Gasteiger partial charge in [-0.15, -0.1) is 0 Å². The summed E-state index contributed by atoms with van der Waals surface area (Å²) in [4.78, 5) is 14.6. The maximum absolute atomic E-state index is 13.2. The molecule has 0 unspecified atom stereocenters. The van der Waals surface area contributed by atoms with Crippen LogP contribution in [0.25, 0.3) is 0 Å². The Morgan fingerprint density at radius 1 is 0.935 bits per heavy atom. The average Bonchev–Trinajstić information content (AvgIpc) is 3.14. The predicted molar refractivity (Wildman–Crippen MR) is 119 cm³/mol. The summed E-state index contributed by atoms with van der Waals surface area (Å²) in [5, 5.41) is 2.78. The maximum Gasteiger partial charge on any atom is 0.251 e. The first-order valence-electron chi connectivity index (χ1n) is 11.6. The van der Waals surface area contributed by atoms with E-state index in [1.54, 1.807) is 11.1 Å². The molecule has 4 rings (SSSR count). The van der Waals surface area contributed by atoms with Crippen LogP contribution in [0.1, 0.15) is 66.4 Å². The fourth-order valence-corrected chi connectivity index (χ4v) is 5.24. The van der Waals surface area contributed by atoms with Gasteiger partial charge in [0.15, 0.2) is 11.6 Å². The molecule has 0 aromatic heterocycles. The van der Waals surface area contributed by atoms with E-state index >= 15 is 0 Å². The quantitative estimate of drug-likeness (QED) is 0.586. The average molecular weight is 427 g/mol. The number of aryl methyl sites for hydroxylation is 1. The molecule has 0 bridgehead atoms. The lowest BCUT2D eigenvalue weighted by atomic mass is 9.74. The van der Waals surface area contributed by atoms with Gasteiger partial charge in [-0.25, -0.2) is 8.78 Å². The number of nitrogens with zero attached hydrogens (tertiary/aromatic N) is 1. The molecule has 1 aliphatic carbocycles. The number of carbonyl (C=O) groups excluding carboxylic acids is 1. The van der Waals surface area contributed by atoms with Gasteiger partial charge in [-0.3, -0.25) is 4.79 Å². The number of hydrogen-bond donors (Lipinski definition) is 1. The molecule has 1 fully saturated rings. The minimum atomic E-state index is -0.992. The second-order valence-corrected chi connectivity index (χ2v) is 9.08. The molecule has 0 atom stereocenters. The topological polar surface area (TPSA) is 32.3 Å². The highest BCUT2D eigenvalue weighted by Gasteiger charge is 2.40. The Labute approximate surface area is 183 Å². The zero-order valence-electron chi connectivity index (χ0n) is 18.1. The second kappa shape index (κ2) is 9.90. The Morgan fingerprint density at radius 3 is 2.52 bits per heavy atom. The number of piperidine rings is 1. The number of halogens is 2. The highest BCUT2D eigenvalue weighted by molar-refractivity contribution is 5.94. The molecule has 5 heteroatoms. The van der Waals surface area contributed by atoms with Crippen molar-refractivity contribution in [2.45, 2.75) is 56.8 Å². The van der Waals surface area contributed by atoms with Gasteiger partial charge in [0.2, 0.25) is 0 Å². The third kappa shape index (κ3) is 5.15. The van der Waals surface area contributed by atoms with E-state index in [1.165, 1.54) is 51.3 Å². The highest BCUT2D eigenvalue weighted by atomic mass is 19.2. The van der Waals surface area contributed by atoms with E-state index in [1.807, 2.05) is 0 Å². The van der Waals surface area contributed by atoms with E-state index in [0.29, 0.717) is 12.0 Å². The first-order chi connectivity index (χ1) is 15.1. The SMILES string of the molecule is O=C(NCCCCCCN1CCC2(CCc3ccccc32)CC1)c1ccc(F)c(F)c1. The van der Waals surface area contributed by atoms with Crippen molar-refractivity contribution < 1.29 is 13.6 Å². The summed E-state index contributed by atoms with van der Waals surface area (Å²) in [6.07, 6.45) is 9.39. The van der Waals surface area contributed by atoms with Crippen molar-refractivity contribution in [2.75, 3.05) is 26.2 Å². The lowest BCUT2D eigenvalue weighted by molar-refractivity contribution is 0.0952. The third-order valence-corrected chi connectivity index (χ3v) is 7.14. The van der Waals surface area contributed by atoms with Crippen molar-refractivity contribution in [3.63, 3.8) is 0 Å². The molecule has 31 heavy (non-hydrogen) atoms. The van der Waals surface area contributed by atoms with E-state index in [2.05, 4.69) is 34.5 Å². The highest BCUT2D eigenvalue weighted by Crippen LogP contribution is 2.46. The van der Waals surface area contributed by atoms with Crippen LogP contribution in [0.5, 0.6) is 0 Å². The van der Waals surface area contributed by atoms with Crippen LogP contribution in [-0.2, 0) is 11.8 Å².